The second kappa shape index (κ2) is 11.5. The van der Waals surface area contributed by atoms with E-state index in [1.807, 2.05) is 44.2 Å². The lowest BCUT2D eigenvalue weighted by molar-refractivity contribution is 0.104. The highest BCUT2D eigenvalue weighted by molar-refractivity contribution is 7.14. The number of hydrogen-bond acceptors (Lipinski definition) is 6. The third kappa shape index (κ3) is 5.91. The van der Waals surface area contributed by atoms with Crippen LogP contribution in [0.25, 0.3) is 0 Å². The van der Waals surface area contributed by atoms with Gasteiger partial charge in [-0.25, -0.2) is 14.4 Å². The molecule has 3 aromatic rings. The van der Waals surface area contributed by atoms with Crippen molar-refractivity contribution in [2.45, 2.75) is 45.3 Å². The molecule has 32 heavy (non-hydrogen) atoms. The quantitative estimate of drug-likeness (QED) is 0.437. The van der Waals surface area contributed by atoms with Gasteiger partial charge in [-0.3, -0.25) is 4.79 Å². The van der Waals surface area contributed by atoms with Gasteiger partial charge >= 0.3 is 0 Å². The first kappa shape index (κ1) is 24.3. The van der Waals surface area contributed by atoms with Gasteiger partial charge in [0.05, 0.1) is 16.5 Å². The molecule has 0 bridgehead atoms. The summed E-state index contributed by atoms with van der Waals surface area (Å²) >= 11 is 7.46. The molecular weight excluding hydrogens is 449 g/mol. The molecule has 170 valence electrons. The number of benzene rings is 1. The maximum atomic E-state index is 14.3. The number of halogens is 2. The van der Waals surface area contributed by atoms with Crippen molar-refractivity contribution < 1.29 is 14.3 Å². The molecule has 1 aromatic carbocycles. The standard InChI is InChI=1S/C22H21ClFN3O2S.C2H6/c23-15-3-1-2-13(6-15)7-16-4-5-20(30-16)21(29)17-10-25-12-26-22(17)27-19-9-14(11-28)8-18(19)24;1-2/h1-6,10,12,14,18-19,28H,7-9,11H2,(H,25,26,27);1-2H3. The molecule has 2 N–H and O–H groups in total. The molecule has 0 radical (unpaired) electrons. The molecular formula is C24H27ClFN3O2S. The van der Waals surface area contributed by atoms with Crippen LogP contribution >= 0.6 is 22.9 Å². The van der Waals surface area contributed by atoms with Gasteiger partial charge in [-0.15, -0.1) is 11.3 Å². The molecule has 4 rings (SSSR count). The molecule has 0 spiro atoms. The van der Waals surface area contributed by atoms with Gasteiger partial charge in [0.2, 0.25) is 5.78 Å². The van der Waals surface area contributed by atoms with Crippen molar-refractivity contribution in [1.29, 1.82) is 0 Å². The highest BCUT2D eigenvalue weighted by Gasteiger charge is 2.35. The Hall–Kier alpha value is -2.35. The van der Waals surface area contributed by atoms with Crippen LogP contribution in [-0.2, 0) is 6.42 Å². The van der Waals surface area contributed by atoms with Gasteiger partial charge < -0.3 is 10.4 Å². The monoisotopic (exact) mass is 475 g/mol. The number of aliphatic hydroxyl groups is 1. The van der Waals surface area contributed by atoms with E-state index >= 15 is 0 Å². The van der Waals surface area contributed by atoms with E-state index in [9.17, 15) is 14.3 Å². The molecule has 1 aliphatic rings. The minimum atomic E-state index is -1.09. The van der Waals surface area contributed by atoms with Crippen LogP contribution in [-0.4, -0.2) is 39.7 Å². The summed E-state index contributed by atoms with van der Waals surface area (Å²) in [6.07, 6.45) is 3.19. The number of nitrogens with one attached hydrogen (secondary N) is 1. The largest absolute Gasteiger partial charge is 0.396 e. The number of thiophene rings is 1. The number of alkyl halides is 1. The maximum Gasteiger partial charge on any atom is 0.208 e. The summed E-state index contributed by atoms with van der Waals surface area (Å²) in [5.41, 5.74) is 1.38. The third-order valence-electron chi connectivity index (χ3n) is 5.27. The smallest absolute Gasteiger partial charge is 0.208 e. The van der Waals surface area contributed by atoms with E-state index in [1.165, 1.54) is 23.9 Å². The van der Waals surface area contributed by atoms with Crippen LogP contribution in [0.15, 0.2) is 48.9 Å². The number of anilines is 1. The van der Waals surface area contributed by atoms with Crippen LogP contribution in [0.5, 0.6) is 0 Å². The number of carbonyl (C=O) groups is 1. The molecule has 3 atom stereocenters. The molecule has 0 aliphatic heterocycles. The first-order chi connectivity index (χ1) is 15.5. The number of ketones is 1. The number of aromatic nitrogens is 2. The highest BCUT2D eigenvalue weighted by Crippen LogP contribution is 2.31. The van der Waals surface area contributed by atoms with Crippen molar-refractivity contribution in [3.05, 3.63) is 74.8 Å². The summed E-state index contributed by atoms with van der Waals surface area (Å²) in [7, 11) is 0. The SMILES string of the molecule is CC.O=C(c1ccc(Cc2cccc(Cl)c2)s1)c1cncnc1NC1CC(CO)CC1F. The summed E-state index contributed by atoms with van der Waals surface area (Å²) in [5, 5.41) is 13.0. The number of carbonyl (C=O) groups excluding carboxylic acids is 1. The zero-order valence-electron chi connectivity index (χ0n) is 18.1. The second-order valence-corrected chi connectivity index (χ2v) is 9.08. The molecule has 8 heteroatoms. The number of aliphatic hydroxyl groups excluding tert-OH is 1. The fraction of sp³-hybridized carbons (Fsp3) is 0.375. The van der Waals surface area contributed by atoms with E-state index < -0.39 is 12.2 Å². The van der Waals surface area contributed by atoms with Crippen molar-refractivity contribution in [2.75, 3.05) is 11.9 Å². The van der Waals surface area contributed by atoms with E-state index in [2.05, 4.69) is 15.3 Å². The zero-order chi connectivity index (χ0) is 23.1. The van der Waals surface area contributed by atoms with E-state index in [4.69, 9.17) is 11.6 Å². The minimum Gasteiger partial charge on any atom is -0.396 e. The normalized spacial score (nSPS) is 19.8. The molecule has 0 saturated heterocycles. The summed E-state index contributed by atoms with van der Waals surface area (Å²) < 4.78 is 14.3. The predicted molar refractivity (Wildman–Crippen MR) is 128 cm³/mol. The molecule has 1 fully saturated rings. The number of rotatable bonds is 7. The van der Waals surface area contributed by atoms with Gasteiger partial charge in [0, 0.05) is 29.1 Å². The highest BCUT2D eigenvalue weighted by atomic mass is 35.5. The van der Waals surface area contributed by atoms with Crippen LogP contribution in [0, 0.1) is 5.92 Å². The van der Waals surface area contributed by atoms with Gasteiger partial charge in [-0.1, -0.05) is 37.6 Å². The second-order valence-electron chi connectivity index (χ2n) is 7.47. The minimum absolute atomic E-state index is 0.0429. The molecule has 1 saturated carbocycles. The van der Waals surface area contributed by atoms with Gasteiger partial charge in [-0.05, 0) is 48.6 Å². The van der Waals surface area contributed by atoms with Crippen molar-refractivity contribution >= 4 is 34.5 Å². The first-order valence-corrected chi connectivity index (χ1v) is 11.9. The van der Waals surface area contributed by atoms with E-state index in [0.29, 0.717) is 40.5 Å². The maximum absolute atomic E-state index is 14.3. The summed E-state index contributed by atoms with van der Waals surface area (Å²) in [5.74, 6) is 0.0448. The van der Waals surface area contributed by atoms with Crippen molar-refractivity contribution in [3.63, 3.8) is 0 Å². The topological polar surface area (TPSA) is 75.1 Å². The van der Waals surface area contributed by atoms with Crippen molar-refractivity contribution in [2.24, 2.45) is 5.92 Å². The molecule has 5 nitrogen and oxygen atoms in total. The van der Waals surface area contributed by atoms with Crippen LogP contribution in [0.4, 0.5) is 10.2 Å². The molecule has 2 heterocycles. The van der Waals surface area contributed by atoms with Gasteiger partial charge in [-0.2, -0.15) is 0 Å². The lowest BCUT2D eigenvalue weighted by atomic mass is 10.1. The molecule has 2 aromatic heterocycles. The Morgan fingerprint density at radius 1 is 1.28 bits per heavy atom. The van der Waals surface area contributed by atoms with Crippen LogP contribution in [0.3, 0.4) is 0 Å². The Balaban J connectivity index is 0.00000141. The first-order valence-electron chi connectivity index (χ1n) is 10.7. The van der Waals surface area contributed by atoms with Crippen LogP contribution in [0.2, 0.25) is 5.02 Å². The Morgan fingerprint density at radius 3 is 2.81 bits per heavy atom. The predicted octanol–water partition coefficient (Wildman–Crippen LogP) is 5.56. The van der Waals surface area contributed by atoms with Crippen molar-refractivity contribution in [3.8, 4) is 0 Å². The average molecular weight is 476 g/mol. The summed E-state index contributed by atoms with van der Waals surface area (Å²) in [6, 6.07) is 10.9. The van der Waals surface area contributed by atoms with E-state index in [1.54, 1.807) is 6.07 Å². The fourth-order valence-corrected chi connectivity index (χ4v) is 4.96. The van der Waals surface area contributed by atoms with E-state index in [-0.39, 0.29) is 18.3 Å². The van der Waals surface area contributed by atoms with E-state index in [0.717, 1.165) is 10.4 Å². The van der Waals surface area contributed by atoms with Crippen LogP contribution < -0.4 is 5.32 Å². The number of hydrogen-bond donors (Lipinski definition) is 2. The molecule has 3 unspecified atom stereocenters. The Labute approximate surface area is 196 Å². The van der Waals surface area contributed by atoms with Crippen molar-refractivity contribution in [1.82, 2.24) is 9.97 Å². The Kier molecular flexibility index (Phi) is 8.73. The average Bonchev–Trinajstić information content (AvgIpc) is 3.41. The molecule has 1 aliphatic carbocycles. The van der Waals surface area contributed by atoms with Gasteiger partial charge in [0.25, 0.3) is 0 Å². The summed E-state index contributed by atoms with van der Waals surface area (Å²) in [6.45, 7) is 3.96. The van der Waals surface area contributed by atoms with Gasteiger partial charge in [0.15, 0.2) is 0 Å². The Bertz CT molecular complexity index is 1050. The fourth-order valence-electron chi connectivity index (χ4n) is 3.75. The van der Waals surface area contributed by atoms with Gasteiger partial charge in [0.1, 0.15) is 18.3 Å². The lowest BCUT2D eigenvalue weighted by Crippen LogP contribution is -2.27. The zero-order valence-corrected chi connectivity index (χ0v) is 19.7. The van der Waals surface area contributed by atoms with Crippen LogP contribution in [0.1, 0.15) is 52.4 Å². The molecule has 0 amide bonds. The third-order valence-corrected chi connectivity index (χ3v) is 6.59. The number of nitrogens with zero attached hydrogens (tertiary/aromatic N) is 2. The lowest BCUT2D eigenvalue weighted by Gasteiger charge is -2.17. The Morgan fingerprint density at radius 2 is 2.09 bits per heavy atom. The summed E-state index contributed by atoms with van der Waals surface area (Å²) in [4.78, 5) is 22.9.